The largest absolute Gasteiger partial charge is 0.334 e. The van der Waals surface area contributed by atoms with Crippen LogP contribution in [0.5, 0.6) is 0 Å². The number of hydrogen-bond acceptors (Lipinski definition) is 2. The molecule has 1 saturated heterocycles. The fourth-order valence-electron chi connectivity index (χ4n) is 2.86. The van der Waals surface area contributed by atoms with Crippen molar-refractivity contribution in [1.82, 2.24) is 9.80 Å². The van der Waals surface area contributed by atoms with Gasteiger partial charge < -0.3 is 9.80 Å². The Balaban J connectivity index is 2.02. The van der Waals surface area contributed by atoms with E-state index >= 15 is 0 Å². The number of rotatable bonds is 8. The van der Waals surface area contributed by atoms with Crippen molar-refractivity contribution in [3.63, 3.8) is 0 Å². The molecule has 1 aromatic rings. The molecule has 1 heterocycles. The lowest BCUT2D eigenvalue weighted by Gasteiger charge is -2.23. The van der Waals surface area contributed by atoms with Gasteiger partial charge in [0.1, 0.15) is 6.54 Å². The van der Waals surface area contributed by atoms with Gasteiger partial charge in [-0.2, -0.15) is 0 Å². The van der Waals surface area contributed by atoms with Crippen molar-refractivity contribution in [3.05, 3.63) is 55.1 Å². The van der Waals surface area contributed by atoms with E-state index in [1.54, 1.807) is 26.9 Å². The van der Waals surface area contributed by atoms with E-state index in [1.165, 1.54) is 5.56 Å². The second-order valence-corrected chi connectivity index (χ2v) is 6.48. The van der Waals surface area contributed by atoms with Crippen LogP contribution in [-0.4, -0.2) is 54.5 Å². The molecule has 0 radical (unpaired) electrons. The summed E-state index contributed by atoms with van der Waals surface area (Å²) in [5, 5.41) is 0. The molecular weight excluding hydrogens is 314 g/mol. The van der Waals surface area contributed by atoms with E-state index in [4.69, 9.17) is 0 Å². The fourth-order valence-corrected chi connectivity index (χ4v) is 2.86. The first kappa shape index (κ1) is 18.8. The molecule has 1 fully saturated rings. The monoisotopic (exact) mass is 341 g/mol. The molecule has 0 N–H and O–H groups in total. The molecule has 0 bridgehead atoms. The smallest absolute Gasteiger partial charge is 0.325 e. The minimum absolute atomic E-state index is 0.0844. The summed E-state index contributed by atoms with van der Waals surface area (Å²) in [4.78, 5) is 30.0. The number of nitrogens with zero attached hydrogens (tertiary/aromatic N) is 3. The van der Waals surface area contributed by atoms with Gasteiger partial charge in [0.05, 0.1) is 0 Å². The molecule has 5 heteroatoms. The summed E-state index contributed by atoms with van der Waals surface area (Å²) in [6.07, 6.45) is 3.35. The minimum atomic E-state index is -0.122. The van der Waals surface area contributed by atoms with Crippen LogP contribution >= 0.6 is 0 Å². The second kappa shape index (κ2) is 8.51. The van der Waals surface area contributed by atoms with Crippen molar-refractivity contribution in [2.75, 3.05) is 37.6 Å². The highest BCUT2D eigenvalue weighted by atomic mass is 16.2. The topological polar surface area (TPSA) is 43.9 Å². The van der Waals surface area contributed by atoms with Crippen LogP contribution in [0, 0.1) is 0 Å². The molecule has 0 saturated carbocycles. The molecule has 1 aromatic carbocycles. The van der Waals surface area contributed by atoms with E-state index in [9.17, 15) is 9.59 Å². The van der Waals surface area contributed by atoms with Gasteiger partial charge in [0.15, 0.2) is 0 Å². The zero-order chi connectivity index (χ0) is 18.4. The third kappa shape index (κ3) is 4.50. The van der Waals surface area contributed by atoms with Gasteiger partial charge in [-0.05, 0) is 23.6 Å². The van der Waals surface area contributed by atoms with Crippen LogP contribution in [0.2, 0.25) is 0 Å². The van der Waals surface area contributed by atoms with Crippen molar-refractivity contribution >= 4 is 17.6 Å². The van der Waals surface area contributed by atoms with E-state index in [1.807, 2.05) is 12.1 Å². The average Bonchev–Trinajstić information content (AvgIpc) is 2.95. The summed E-state index contributed by atoms with van der Waals surface area (Å²) >= 11 is 0. The maximum absolute atomic E-state index is 12.6. The summed E-state index contributed by atoms with van der Waals surface area (Å²) < 4.78 is 0. The van der Waals surface area contributed by atoms with Gasteiger partial charge in [0.2, 0.25) is 5.91 Å². The van der Waals surface area contributed by atoms with E-state index in [-0.39, 0.29) is 18.5 Å². The number of carbonyl (C=O) groups excluding carboxylic acids is 2. The predicted octanol–water partition coefficient (Wildman–Crippen LogP) is 3.25. The van der Waals surface area contributed by atoms with Crippen molar-refractivity contribution in [2.45, 2.75) is 19.8 Å². The molecule has 2 rings (SSSR count). The third-order valence-corrected chi connectivity index (χ3v) is 4.34. The maximum atomic E-state index is 12.6. The highest BCUT2D eigenvalue weighted by Gasteiger charge is 2.31. The molecule has 0 aromatic heterocycles. The summed E-state index contributed by atoms with van der Waals surface area (Å²) in [6, 6.07) is 7.93. The Morgan fingerprint density at radius 2 is 1.76 bits per heavy atom. The SMILES string of the molecule is C=CCN(CC=C)C(=O)CN1CCN(c2ccc(C(C)C)cc2)C1=O. The second-order valence-electron chi connectivity index (χ2n) is 6.48. The van der Waals surface area contributed by atoms with Crippen molar-refractivity contribution in [1.29, 1.82) is 0 Å². The standard InChI is InChI=1S/C20H27N3O2/c1-5-11-21(12-6-2)19(24)15-22-13-14-23(20(22)25)18-9-7-17(8-10-18)16(3)4/h5-10,16H,1-2,11-15H2,3-4H3. The van der Waals surface area contributed by atoms with E-state index < -0.39 is 0 Å². The molecule has 25 heavy (non-hydrogen) atoms. The van der Waals surface area contributed by atoms with Gasteiger partial charge in [-0.15, -0.1) is 13.2 Å². The lowest BCUT2D eigenvalue weighted by molar-refractivity contribution is -0.130. The maximum Gasteiger partial charge on any atom is 0.325 e. The number of urea groups is 1. The highest BCUT2D eigenvalue weighted by molar-refractivity contribution is 5.96. The Hall–Kier alpha value is -2.56. The quantitative estimate of drug-likeness (QED) is 0.681. The van der Waals surface area contributed by atoms with Crippen molar-refractivity contribution in [3.8, 4) is 0 Å². The molecule has 1 aliphatic rings. The Morgan fingerprint density at radius 3 is 2.28 bits per heavy atom. The normalized spacial score (nSPS) is 14.1. The van der Waals surface area contributed by atoms with Crippen molar-refractivity contribution < 1.29 is 9.59 Å². The molecule has 0 atom stereocenters. The molecule has 3 amide bonds. The predicted molar refractivity (Wildman–Crippen MR) is 102 cm³/mol. The first-order valence-electron chi connectivity index (χ1n) is 8.64. The van der Waals surface area contributed by atoms with Crippen LogP contribution in [0.4, 0.5) is 10.5 Å². The Morgan fingerprint density at radius 1 is 1.16 bits per heavy atom. The van der Waals surface area contributed by atoms with Gasteiger partial charge in [-0.25, -0.2) is 4.79 Å². The van der Waals surface area contributed by atoms with Crippen LogP contribution in [0.3, 0.4) is 0 Å². The number of amides is 3. The molecule has 134 valence electrons. The number of hydrogen-bond donors (Lipinski definition) is 0. The molecular formula is C20H27N3O2. The van der Waals surface area contributed by atoms with Gasteiger partial charge >= 0.3 is 6.03 Å². The first-order chi connectivity index (χ1) is 12.0. The summed E-state index contributed by atoms with van der Waals surface area (Å²) in [5.41, 5.74) is 2.12. The molecule has 0 aliphatic carbocycles. The molecule has 5 nitrogen and oxygen atoms in total. The lowest BCUT2D eigenvalue weighted by atomic mass is 10.0. The average molecular weight is 341 g/mol. The number of anilines is 1. The summed E-state index contributed by atoms with van der Waals surface area (Å²) in [7, 11) is 0. The lowest BCUT2D eigenvalue weighted by Crippen LogP contribution is -2.42. The van der Waals surface area contributed by atoms with Crippen LogP contribution in [0.25, 0.3) is 0 Å². The molecule has 1 aliphatic heterocycles. The molecule has 0 spiro atoms. The number of benzene rings is 1. The van der Waals surface area contributed by atoms with Gasteiger partial charge in [-0.3, -0.25) is 9.69 Å². The minimum Gasteiger partial charge on any atom is -0.334 e. The first-order valence-corrected chi connectivity index (χ1v) is 8.64. The van der Waals surface area contributed by atoms with Crippen LogP contribution in [0.15, 0.2) is 49.6 Å². The fraction of sp³-hybridized carbons (Fsp3) is 0.400. The zero-order valence-electron chi connectivity index (χ0n) is 15.1. The highest BCUT2D eigenvalue weighted by Crippen LogP contribution is 2.23. The molecule has 0 unspecified atom stereocenters. The zero-order valence-corrected chi connectivity index (χ0v) is 15.1. The van der Waals surface area contributed by atoms with E-state index in [0.29, 0.717) is 32.1 Å². The van der Waals surface area contributed by atoms with Crippen molar-refractivity contribution in [2.24, 2.45) is 0 Å². The third-order valence-electron chi connectivity index (χ3n) is 4.34. The van der Waals surface area contributed by atoms with Crippen LogP contribution in [0.1, 0.15) is 25.3 Å². The summed E-state index contributed by atoms with van der Waals surface area (Å²) in [6.45, 7) is 13.7. The van der Waals surface area contributed by atoms with Gasteiger partial charge in [0.25, 0.3) is 0 Å². The Labute approximate surface area is 150 Å². The van der Waals surface area contributed by atoms with Crippen LogP contribution in [-0.2, 0) is 4.79 Å². The van der Waals surface area contributed by atoms with Crippen LogP contribution < -0.4 is 4.90 Å². The Bertz CT molecular complexity index is 627. The van der Waals surface area contributed by atoms with E-state index in [0.717, 1.165) is 5.69 Å². The van der Waals surface area contributed by atoms with E-state index in [2.05, 4.69) is 39.1 Å². The van der Waals surface area contributed by atoms with Gasteiger partial charge in [-0.1, -0.05) is 38.1 Å². The Kier molecular flexibility index (Phi) is 6.39. The summed E-state index contributed by atoms with van der Waals surface area (Å²) in [5.74, 6) is 0.364. The van der Waals surface area contributed by atoms with Gasteiger partial charge in [0, 0.05) is 31.9 Å². The number of carbonyl (C=O) groups is 2.